The Morgan fingerprint density at radius 3 is 2.94 bits per heavy atom. The molecule has 17 heavy (non-hydrogen) atoms. The lowest BCUT2D eigenvalue weighted by molar-refractivity contribution is -0.126. The van der Waals surface area contributed by atoms with E-state index in [1.54, 1.807) is 0 Å². The SMILES string of the molecule is CC1CCOC1C(=O)Nc1ccccc1CN. The van der Waals surface area contributed by atoms with Crippen molar-refractivity contribution in [3.63, 3.8) is 0 Å². The Balaban J connectivity index is 2.07. The monoisotopic (exact) mass is 234 g/mol. The van der Waals surface area contributed by atoms with E-state index in [1.807, 2.05) is 31.2 Å². The first kappa shape index (κ1) is 12.1. The van der Waals surface area contributed by atoms with E-state index < -0.39 is 0 Å². The van der Waals surface area contributed by atoms with Crippen LogP contribution in [0.25, 0.3) is 0 Å². The highest BCUT2D eigenvalue weighted by molar-refractivity contribution is 5.95. The normalized spacial score (nSPS) is 23.6. The average molecular weight is 234 g/mol. The van der Waals surface area contributed by atoms with Crippen LogP contribution in [0.5, 0.6) is 0 Å². The van der Waals surface area contributed by atoms with Crippen molar-refractivity contribution in [1.29, 1.82) is 0 Å². The smallest absolute Gasteiger partial charge is 0.253 e. The molecule has 1 aliphatic heterocycles. The van der Waals surface area contributed by atoms with Crippen molar-refractivity contribution in [2.45, 2.75) is 26.0 Å². The first-order valence-electron chi connectivity index (χ1n) is 5.93. The molecule has 92 valence electrons. The van der Waals surface area contributed by atoms with Crippen LogP contribution < -0.4 is 11.1 Å². The Hall–Kier alpha value is -1.39. The molecule has 1 aliphatic rings. The molecule has 0 bridgehead atoms. The zero-order chi connectivity index (χ0) is 12.3. The van der Waals surface area contributed by atoms with Gasteiger partial charge in [-0.2, -0.15) is 0 Å². The molecule has 0 radical (unpaired) electrons. The van der Waals surface area contributed by atoms with Gasteiger partial charge in [0.25, 0.3) is 5.91 Å². The van der Waals surface area contributed by atoms with Gasteiger partial charge in [0.2, 0.25) is 0 Å². The zero-order valence-corrected chi connectivity index (χ0v) is 9.98. The van der Waals surface area contributed by atoms with Crippen LogP contribution in [0.2, 0.25) is 0 Å². The summed E-state index contributed by atoms with van der Waals surface area (Å²) in [6.45, 7) is 3.11. The number of ether oxygens (including phenoxy) is 1. The summed E-state index contributed by atoms with van der Waals surface area (Å²) in [6, 6.07) is 7.56. The second kappa shape index (κ2) is 5.29. The zero-order valence-electron chi connectivity index (χ0n) is 9.98. The molecule has 1 aromatic carbocycles. The topological polar surface area (TPSA) is 64.3 Å². The van der Waals surface area contributed by atoms with E-state index in [0.717, 1.165) is 17.7 Å². The van der Waals surface area contributed by atoms with Gasteiger partial charge in [-0.3, -0.25) is 4.79 Å². The third-order valence-corrected chi connectivity index (χ3v) is 3.14. The number of hydrogen-bond acceptors (Lipinski definition) is 3. The van der Waals surface area contributed by atoms with Crippen LogP contribution in [0.4, 0.5) is 5.69 Å². The molecular weight excluding hydrogens is 216 g/mol. The molecule has 0 saturated carbocycles. The molecule has 2 atom stereocenters. The van der Waals surface area contributed by atoms with Crippen LogP contribution >= 0.6 is 0 Å². The van der Waals surface area contributed by atoms with E-state index in [4.69, 9.17) is 10.5 Å². The maximum atomic E-state index is 12.0. The van der Waals surface area contributed by atoms with E-state index in [0.29, 0.717) is 13.2 Å². The van der Waals surface area contributed by atoms with Crippen LogP contribution in [0.3, 0.4) is 0 Å². The molecule has 0 spiro atoms. The highest BCUT2D eigenvalue weighted by Gasteiger charge is 2.30. The average Bonchev–Trinajstić information content (AvgIpc) is 2.76. The molecule has 4 heteroatoms. The van der Waals surface area contributed by atoms with Gasteiger partial charge in [-0.15, -0.1) is 0 Å². The number of amides is 1. The number of nitrogens with one attached hydrogen (secondary N) is 1. The third kappa shape index (κ3) is 2.65. The predicted octanol–water partition coefficient (Wildman–Crippen LogP) is 1.51. The fraction of sp³-hybridized carbons (Fsp3) is 0.462. The Morgan fingerprint density at radius 2 is 2.29 bits per heavy atom. The fourth-order valence-electron chi connectivity index (χ4n) is 2.05. The molecule has 1 amide bonds. The fourth-order valence-corrected chi connectivity index (χ4v) is 2.05. The molecule has 2 rings (SSSR count). The highest BCUT2D eigenvalue weighted by Crippen LogP contribution is 2.22. The van der Waals surface area contributed by atoms with Gasteiger partial charge in [-0.1, -0.05) is 25.1 Å². The molecule has 1 heterocycles. The van der Waals surface area contributed by atoms with Crippen molar-refractivity contribution in [3.05, 3.63) is 29.8 Å². The molecule has 1 aromatic rings. The first-order valence-corrected chi connectivity index (χ1v) is 5.93. The Morgan fingerprint density at radius 1 is 1.53 bits per heavy atom. The predicted molar refractivity (Wildman–Crippen MR) is 66.5 cm³/mol. The molecule has 4 nitrogen and oxygen atoms in total. The van der Waals surface area contributed by atoms with E-state index in [-0.39, 0.29) is 17.9 Å². The minimum Gasteiger partial charge on any atom is -0.368 e. The summed E-state index contributed by atoms with van der Waals surface area (Å²) in [5.74, 6) is 0.205. The number of anilines is 1. The largest absolute Gasteiger partial charge is 0.368 e. The van der Waals surface area contributed by atoms with Gasteiger partial charge in [-0.25, -0.2) is 0 Å². The number of rotatable bonds is 3. The standard InChI is InChI=1S/C13H18N2O2/c1-9-6-7-17-12(9)13(16)15-11-5-3-2-4-10(11)8-14/h2-5,9,12H,6-8,14H2,1H3,(H,15,16). The molecule has 1 fully saturated rings. The van der Waals surface area contributed by atoms with Crippen molar-refractivity contribution < 1.29 is 9.53 Å². The summed E-state index contributed by atoms with van der Waals surface area (Å²) in [7, 11) is 0. The van der Waals surface area contributed by atoms with Crippen molar-refractivity contribution in [1.82, 2.24) is 0 Å². The van der Waals surface area contributed by atoms with E-state index >= 15 is 0 Å². The highest BCUT2D eigenvalue weighted by atomic mass is 16.5. The lowest BCUT2D eigenvalue weighted by Crippen LogP contribution is -2.31. The van der Waals surface area contributed by atoms with Gasteiger partial charge < -0.3 is 15.8 Å². The number of benzene rings is 1. The number of nitrogens with two attached hydrogens (primary N) is 1. The van der Waals surface area contributed by atoms with Gasteiger partial charge in [0, 0.05) is 18.8 Å². The number of carbonyl (C=O) groups is 1. The Bertz CT molecular complexity index is 406. The van der Waals surface area contributed by atoms with Gasteiger partial charge in [0.15, 0.2) is 0 Å². The summed E-state index contributed by atoms with van der Waals surface area (Å²) < 4.78 is 5.43. The molecular formula is C13H18N2O2. The molecule has 0 aromatic heterocycles. The molecule has 1 saturated heterocycles. The lowest BCUT2D eigenvalue weighted by atomic mass is 10.0. The maximum Gasteiger partial charge on any atom is 0.253 e. The summed E-state index contributed by atoms with van der Waals surface area (Å²) in [4.78, 5) is 12.0. The van der Waals surface area contributed by atoms with Crippen molar-refractivity contribution in [3.8, 4) is 0 Å². The number of hydrogen-bond donors (Lipinski definition) is 2. The lowest BCUT2D eigenvalue weighted by Gasteiger charge is -2.16. The summed E-state index contributed by atoms with van der Waals surface area (Å²) >= 11 is 0. The molecule has 0 aliphatic carbocycles. The van der Waals surface area contributed by atoms with Crippen LogP contribution in [-0.4, -0.2) is 18.6 Å². The summed E-state index contributed by atoms with van der Waals surface area (Å²) in [6.07, 6.45) is 0.609. The summed E-state index contributed by atoms with van der Waals surface area (Å²) in [5.41, 5.74) is 7.34. The van der Waals surface area contributed by atoms with Crippen molar-refractivity contribution >= 4 is 11.6 Å². The Kier molecular flexibility index (Phi) is 3.76. The van der Waals surface area contributed by atoms with Crippen LogP contribution in [0, 0.1) is 5.92 Å². The number of para-hydroxylation sites is 1. The van der Waals surface area contributed by atoms with Crippen molar-refractivity contribution in [2.75, 3.05) is 11.9 Å². The van der Waals surface area contributed by atoms with Crippen LogP contribution in [0.1, 0.15) is 18.9 Å². The quantitative estimate of drug-likeness (QED) is 0.833. The molecule has 3 N–H and O–H groups in total. The minimum absolute atomic E-state index is 0.0732. The first-order chi connectivity index (χ1) is 8.22. The number of carbonyl (C=O) groups excluding carboxylic acids is 1. The third-order valence-electron chi connectivity index (χ3n) is 3.14. The van der Waals surface area contributed by atoms with E-state index in [2.05, 4.69) is 5.32 Å². The second-order valence-corrected chi connectivity index (χ2v) is 4.41. The summed E-state index contributed by atoms with van der Waals surface area (Å²) in [5, 5.41) is 2.89. The second-order valence-electron chi connectivity index (χ2n) is 4.41. The molecule has 2 unspecified atom stereocenters. The van der Waals surface area contributed by atoms with Gasteiger partial charge in [0.05, 0.1) is 0 Å². The van der Waals surface area contributed by atoms with Gasteiger partial charge in [0.1, 0.15) is 6.10 Å². The van der Waals surface area contributed by atoms with Crippen LogP contribution in [-0.2, 0) is 16.1 Å². The van der Waals surface area contributed by atoms with E-state index in [1.165, 1.54) is 0 Å². The minimum atomic E-state index is -0.333. The van der Waals surface area contributed by atoms with Gasteiger partial charge >= 0.3 is 0 Å². The Labute approximate surface area is 101 Å². The van der Waals surface area contributed by atoms with E-state index in [9.17, 15) is 4.79 Å². The van der Waals surface area contributed by atoms with Gasteiger partial charge in [-0.05, 0) is 24.0 Å². The maximum absolute atomic E-state index is 12.0. The van der Waals surface area contributed by atoms with Crippen molar-refractivity contribution in [2.24, 2.45) is 11.7 Å². The van der Waals surface area contributed by atoms with Crippen LogP contribution in [0.15, 0.2) is 24.3 Å².